The summed E-state index contributed by atoms with van der Waals surface area (Å²) in [5.74, 6) is -4.75. The smallest absolute Gasteiger partial charge is 0.387 e. The molecule has 0 radical (unpaired) electrons. The number of ketones is 2. The van der Waals surface area contributed by atoms with E-state index in [1.165, 1.54) is 31.4 Å². The van der Waals surface area contributed by atoms with E-state index in [-0.39, 0.29) is 16.9 Å². The van der Waals surface area contributed by atoms with Crippen LogP contribution in [-0.2, 0) is 14.3 Å². The van der Waals surface area contributed by atoms with Gasteiger partial charge in [-0.2, -0.15) is 0 Å². The zero-order chi connectivity index (χ0) is 22.8. The Hall–Kier alpha value is -4.52. The number of hydrogen-bond donors (Lipinski definition) is 1. The molecule has 4 aromatic rings. The Bertz CT molecular complexity index is 1420. The van der Waals surface area contributed by atoms with Crippen LogP contribution >= 0.6 is 0 Å². The molecule has 158 valence electrons. The fourth-order valence-electron chi connectivity index (χ4n) is 3.43. The number of carbonyl (C=O) groups excluding carboxylic acids is 4. The number of rotatable bonds is 5. The Balaban J connectivity index is 1.60. The number of phenolic OH excluding ortho intramolecular Hbond substituents is 1. The van der Waals surface area contributed by atoms with Crippen molar-refractivity contribution in [2.75, 3.05) is 7.11 Å². The van der Waals surface area contributed by atoms with Crippen LogP contribution in [0.1, 0.15) is 20.7 Å². The van der Waals surface area contributed by atoms with Gasteiger partial charge in [0.25, 0.3) is 11.6 Å². The minimum absolute atomic E-state index is 0.0155. The highest BCUT2D eigenvalue weighted by atomic mass is 16.6. The highest BCUT2D eigenvalue weighted by Crippen LogP contribution is 2.26. The molecule has 0 aromatic heterocycles. The van der Waals surface area contributed by atoms with E-state index in [2.05, 4.69) is 4.74 Å². The maximum Gasteiger partial charge on any atom is 0.387 e. The Morgan fingerprint density at radius 3 is 1.78 bits per heavy atom. The summed E-state index contributed by atoms with van der Waals surface area (Å²) in [4.78, 5) is 50.1. The summed E-state index contributed by atoms with van der Waals surface area (Å²) >= 11 is 0. The van der Waals surface area contributed by atoms with E-state index < -0.39 is 23.5 Å². The number of phenols is 1. The summed E-state index contributed by atoms with van der Waals surface area (Å²) in [6.45, 7) is 0. The van der Waals surface area contributed by atoms with Crippen LogP contribution in [0.3, 0.4) is 0 Å². The van der Waals surface area contributed by atoms with Gasteiger partial charge in [0.1, 0.15) is 11.5 Å². The first-order valence-corrected chi connectivity index (χ1v) is 9.52. The Kier molecular flexibility index (Phi) is 5.39. The molecule has 4 aromatic carbocycles. The van der Waals surface area contributed by atoms with E-state index in [1.54, 1.807) is 48.5 Å². The third-order valence-electron chi connectivity index (χ3n) is 5.00. The van der Waals surface area contributed by atoms with Crippen molar-refractivity contribution in [1.82, 2.24) is 0 Å². The van der Waals surface area contributed by atoms with Gasteiger partial charge in [0.2, 0.25) is 0 Å². The first-order valence-electron chi connectivity index (χ1n) is 9.52. The van der Waals surface area contributed by atoms with Crippen LogP contribution in [0.4, 0.5) is 0 Å². The van der Waals surface area contributed by atoms with E-state index in [0.717, 1.165) is 0 Å². The molecule has 0 aliphatic carbocycles. The van der Waals surface area contributed by atoms with Crippen molar-refractivity contribution < 1.29 is 33.8 Å². The van der Waals surface area contributed by atoms with Gasteiger partial charge >= 0.3 is 11.9 Å². The van der Waals surface area contributed by atoms with E-state index in [9.17, 15) is 24.3 Å². The van der Waals surface area contributed by atoms with E-state index in [4.69, 9.17) is 4.74 Å². The van der Waals surface area contributed by atoms with E-state index >= 15 is 0 Å². The van der Waals surface area contributed by atoms with Gasteiger partial charge in [-0.1, -0.05) is 48.5 Å². The van der Waals surface area contributed by atoms with Crippen LogP contribution in [0.2, 0.25) is 0 Å². The average molecular weight is 428 g/mol. The third-order valence-corrected chi connectivity index (χ3v) is 5.00. The molecular formula is C25H16O7. The van der Waals surface area contributed by atoms with Crippen molar-refractivity contribution in [2.24, 2.45) is 0 Å². The minimum Gasteiger partial charge on any atom is -0.508 e. The summed E-state index contributed by atoms with van der Waals surface area (Å²) in [6, 6.07) is 18.7. The fourth-order valence-corrected chi connectivity index (χ4v) is 3.43. The number of ether oxygens (including phenoxy) is 2. The number of esters is 2. The molecule has 0 bridgehead atoms. The second kappa shape index (κ2) is 8.31. The summed E-state index contributed by atoms with van der Waals surface area (Å²) in [6.07, 6.45) is 0. The quantitative estimate of drug-likeness (QED) is 0.223. The molecule has 32 heavy (non-hydrogen) atoms. The van der Waals surface area contributed by atoms with E-state index in [0.29, 0.717) is 27.3 Å². The molecule has 7 nitrogen and oxygen atoms in total. The molecule has 0 amide bonds. The van der Waals surface area contributed by atoms with Gasteiger partial charge in [0.15, 0.2) is 0 Å². The normalized spacial score (nSPS) is 10.7. The maximum atomic E-state index is 12.7. The molecule has 4 rings (SSSR count). The van der Waals surface area contributed by atoms with Crippen molar-refractivity contribution in [3.63, 3.8) is 0 Å². The lowest BCUT2D eigenvalue weighted by molar-refractivity contribution is -0.152. The Morgan fingerprint density at radius 2 is 1.22 bits per heavy atom. The zero-order valence-electron chi connectivity index (χ0n) is 16.8. The predicted molar refractivity (Wildman–Crippen MR) is 116 cm³/mol. The molecule has 0 saturated carbocycles. The summed E-state index contributed by atoms with van der Waals surface area (Å²) < 4.78 is 9.76. The van der Waals surface area contributed by atoms with Gasteiger partial charge in [-0.3, -0.25) is 9.59 Å². The van der Waals surface area contributed by atoms with Crippen LogP contribution in [0.15, 0.2) is 72.8 Å². The first-order chi connectivity index (χ1) is 15.4. The average Bonchev–Trinajstić information content (AvgIpc) is 2.81. The maximum absolute atomic E-state index is 12.7. The van der Waals surface area contributed by atoms with Crippen molar-refractivity contribution in [1.29, 1.82) is 0 Å². The monoisotopic (exact) mass is 428 g/mol. The van der Waals surface area contributed by atoms with Crippen LogP contribution in [0.5, 0.6) is 11.5 Å². The highest BCUT2D eigenvalue weighted by Gasteiger charge is 2.28. The van der Waals surface area contributed by atoms with Crippen molar-refractivity contribution >= 4 is 45.0 Å². The molecule has 7 heteroatoms. The van der Waals surface area contributed by atoms with Gasteiger partial charge in [0.05, 0.1) is 7.11 Å². The van der Waals surface area contributed by atoms with Gasteiger partial charge in [0, 0.05) is 11.1 Å². The lowest BCUT2D eigenvalue weighted by Gasteiger charge is -2.08. The molecule has 0 aliphatic rings. The lowest BCUT2D eigenvalue weighted by Crippen LogP contribution is -2.26. The highest BCUT2D eigenvalue weighted by molar-refractivity contribution is 6.50. The summed E-state index contributed by atoms with van der Waals surface area (Å²) in [5, 5.41) is 11.8. The van der Waals surface area contributed by atoms with Crippen molar-refractivity contribution in [2.45, 2.75) is 0 Å². The molecule has 1 N–H and O–H groups in total. The summed E-state index contributed by atoms with van der Waals surface area (Å²) in [7, 11) is 1.47. The molecule has 0 saturated heterocycles. The van der Waals surface area contributed by atoms with Crippen molar-refractivity contribution in [3.05, 3.63) is 83.9 Å². The number of hydrogen-bond acceptors (Lipinski definition) is 7. The van der Waals surface area contributed by atoms with Crippen LogP contribution in [-0.4, -0.2) is 35.7 Å². The zero-order valence-corrected chi connectivity index (χ0v) is 16.8. The largest absolute Gasteiger partial charge is 0.508 e. The number of benzene rings is 4. The number of aromatic hydroxyl groups is 1. The molecule has 0 spiro atoms. The van der Waals surface area contributed by atoms with Crippen LogP contribution < -0.4 is 4.74 Å². The summed E-state index contributed by atoms with van der Waals surface area (Å²) in [5.41, 5.74) is -0.0414. The molecular weight excluding hydrogens is 412 g/mol. The molecule has 0 unspecified atom stereocenters. The Labute approximate surface area is 181 Å². The first kappa shape index (κ1) is 20.7. The minimum atomic E-state index is -1.49. The number of fused-ring (bicyclic) bond motifs is 2. The van der Waals surface area contributed by atoms with E-state index in [1.807, 2.05) is 0 Å². The van der Waals surface area contributed by atoms with Crippen LogP contribution in [0.25, 0.3) is 21.5 Å². The second-order valence-electron chi connectivity index (χ2n) is 6.94. The predicted octanol–water partition coefficient (Wildman–Crippen LogP) is 3.84. The number of carbonyl (C=O) groups is 4. The molecule has 0 heterocycles. The second-order valence-corrected chi connectivity index (χ2v) is 6.94. The van der Waals surface area contributed by atoms with Gasteiger partial charge in [-0.05, 0) is 45.8 Å². The third kappa shape index (κ3) is 3.79. The van der Waals surface area contributed by atoms with Gasteiger partial charge in [-0.25, -0.2) is 9.59 Å². The van der Waals surface area contributed by atoms with Gasteiger partial charge < -0.3 is 14.6 Å². The van der Waals surface area contributed by atoms with Crippen molar-refractivity contribution in [3.8, 4) is 11.5 Å². The topological polar surface area (TPSA) is 107 Å². The number of methoxy groups -OCH3 is 1. The number of Topliss-reactive ketones (excluding diaryl/α,β-unsaturated/α-hetero) is 2. The lowest BCUT2D eigenvalue weighted by atomic mass is 10.0. The standard InChI is InChI=1S/C25H16O7/c1-31-17-11-9-15-5-3-7-19(21(15)13-17)23(28)25(30)32-24(29)22(27)18-6-2-4-14-8-10-16(26)12-20(14)18/h2-13,26H,1H3. The molecule has 0 fully saturated rings. The molecule has 0 aliphatic heterocycles. The van der Waals surface area contributed by atoms with Crippen LogP contribution in [0, 0.1) is 0 Å². The SMILES string of the molecule is COc1ccc2cccc(C(=O)C(=O)OC(=O)C(=O)c3cccc4ccc(O)cc34)c2c1. The Morgan fingerprint density at radius 1 is 0.688 bits per heavy atom. The fraction of sp³-hybridized carbons (Fsp3) is 0.0400. The van der Waals surface area contributed by atoms with Gasteiger partial charge in [-0.15, -0.1) is 0 Å². The molecule has 0 atom stereocenters.